The molecular formula is C17H14N4O4. The third-order valence-electron chi connectivity index (χ3n) is 3.80. The Bertz CT molecular complexity index is 978. The van der Waals surface area contributed by atoms with Gasteiger partial charge in [0.15, 0.2) is 11.9 Å². The predicted molar refractivity (Wildman–Crippen MR) is 88.6 cm³/mol. The van der Waals surface area contributed by atoms with Gasteiger partial charge in [-0.05, 0) is 25.0 Å². The van der Waals surface area contributed by atoms with E-state index in [1.165, 1.54) is 10.7 Å². The van der Waals surface area contributed by atoms with Crippen LogP contribution in [-0.4, -0.2) is 38.2 Å². The lowest BCUT2D eigenvalue weighted by Crippen LogP contribution is -2.17. The van der Waals surface area contributed by atoms with Crippen molar-refractivity contribution >= 4 is 23.8 Å². The van der Waals surface area contributed by atoms with Gasteiger partial charge in [0.1, 0.15) is 17.7 Å². The first kappa shape index (κ1) is 15.1. The number of carbonyl (C=O) groups is 2. The number of aldehydes is 1. The zero-order chi connectivity index (χ0) is 17.4. The smallest absolute Gasteiger partial charge is 0.413 e. The molecule has 1 amide bonds. The zero-order valence-corrected chi connectivity index (χ0v) is 13.0. The lowest BCUT2D eigenvalue weighted by molar-refractivity contribution is 0.112. The maximum Gasteiger partial charge on any atom is 0.413 e. The molecule has 3 aromatic rings. The van der Waals surface area contributed by atoms with Gasteiger partial charge < -0.3 is 9.84 Å². The molecule has 1 aliphatic carbocycles. The van der Waals surface area contributed by atoms with E-state index in [0.29, 0.717) is 34.6 Å². The highest BCUT2D eigenvalue weighted by atomic mass is 16.6. The number of ether oxygens (including phenoxy) is 1. The molecule has 25 heavy (non-hydrogen) atoms. The van der Waals surface area contributed by atoms with Crippen LogP contribution >= 0.6 is 0 Å². The molecule has 1 fully saturated rings. The number of fused-ring (bicyclic) bond motifs is 1. The Morgan fingerprint density at radius 3 is 2.92 bits per heavy atom. The lowest BCUT2D eigenvalue weighted by Gasteiger charge is -2.10. The summed E-state index contributed by atoms with van der Waals surface area (Å²) in [5, 5.41) is 16.4. The molecule has 2 N–H and O–H groups in total. The van der Waals surface area contributed by atoms with Crippen molar-refractivity contribution in [3.63, 3.8) is 0 Å². The van der Waals surface area contributed by atoms with Crippen molar-refractivity contribution in [2.75, 3.05) is 5.32 Å². The van der Waals surface area contributed by atoms with Crippen molar-refractivity contribution in [3.8, 4) is 17.0 Å². The van der Waals surface area contributed by atoms with Crippen LogP contribution in [0, 0.1) is 0 Å². The number of amides is 1. The maximum absolute atomic E-state index is 12.0. The molecule has 1 aliphatic rings. The fraction of sp³-hybridized carbons (Fsp3) is 0.176. The van der Waals surface area contributed by atoms with E-state index in [4.69, 9.17) is 4.74 Å². The number of rotatable bonds is 4. The molecule has 0 aliphatic heterocycles. The fourth-order valence-electron chi connectivity index (χ4n) is 2.44. The standard InChI is InChI=1S/C17H14N4O4/c22-9-11-8-18-21-15(20-17(24)25-13-4-5-13)7-14(19-16(11)21)10-2-1-3-12(23)6-10/h1-3,6-9,13,23H,4-5H2,(H,20,24). The largest absolute Gasteiger partial charge is 0.508 e. The van der Waals surface area contributed by atoms with E-state index in [0.717, 1.165) is 12.8 Å². The predicted octanol–water partition coefficient (Wildman–Crippen LogP) is 2.63. The molecule has 1 aromatic carbocycles. The van der Waals surface area contributed by atoms with Crippen LogP contribution < -0.4 is 5.32 Å². The molecule has 0 saturated heterocycles. The molecule has 0 atom stereocenters. The van der Waals surface area contributed by atoms with Crippen molar-refractivity contribution in [1.29, 1.82) is 0 Å². The topological polar surface area (TPSA) is 106 Å². The molecule has 8 nitrogen and oxygen atoms in total. The minimum atomic E-state index is -0.583. The van der Waals surface area contributed by atoms with Gasteiger partial charge >= 0.3 is 6.09 Å². The second kappa shape index (κ2) is 5.90. The van der Waals surface area contributed by atoms with Crippen molar-refractivity contribution in [2.24, 2.45) is 0 Å². The Hall–Kier alpha value is -3.42. The zero-order valence-electron chi connectivity index (χ0n) is 13.0. The van der Waals surface area contributed by atoms with E-state index >= 15 is 0 Å². The molecule has 0 unspecified atom stereocenters. The summed E-state index contributed by atoms with van der Waals surface area (Å²) in [6, 6.07) is 8.15. The molecule has 4 rings (SSSR count). The Kier molecular flexibility index (Phi) is 3.57. The van der Waals surface area contributed by atoms with Crippen molar-refractivity contribution in [3.05, 3.63) is 42.1 Å². The van der Waals surface area contributed by atoms with E-state index in [-0.39, 0.29) is 11.9 Å². The van der Waals surface area contributed by atoms with Crippen LogP contribution in [0.3, 0.4) is 0 Å². The van der Waals surface area contributed by atoms with Crippen LogP contribution in [-0.2, 0) is 4.74 Å². The molecule has 2 aromatic heterocycles. The van der Waals surface area contributed by atoms with Crippen molar-refractivity contribution in [1.82, 2.24) is 14.6 Å². The monoisotopic (exact) mass is 338 g/mol. The minimum Gasteiger partial charge on any atom is -0.508 e. The van der Waals surface area contributed by atoms with Gasteiger partial charge in [0.25, 0.3) is 0 Å². The van der Waals surface area contributed by atoms with Crippen molar-refractivity contribution in [2.45, 2.75) is 18.9 Å². The van der Waals surface area contributed by atoms with Crippen LogP contribution in [0.1, 0.15) is 23.2 Å². The Labute approximate surface area is 142 Å². The summed E-state index contributed by atoms with van der Waals surface area (Å²) in [6.07, 6.45) is 3.13. The number of aromatic nitrogens is 3. The molecule has 0 spiro atoms. The second-order valence-electron chi connectivity index (χ2n) is 5.76. The van der Waals surface area contributed by atoms with Gasteiger partial charge in [0.05, 0.1) is 17.5 Å². The molecular weight excluding hydrogens is 324 g/mol. The van der Waals surface area contributed by atoms with Gasteiger partial charge in [-0.25, -0.2) is 9.78 Å². The highest BCUT2D eigenvalue weighted by Gasteiger charge is 2.26. The number of benzene rings is 1. The minimum absolute atomic E-state index is 0.0361. The van der Waals surface area contributed by atoms with E-state index in [9.17, 15) is 14.7 Å². The number of nitrogens with one attached hydrogen (secondary N) is 1. The number of nitrogens with zero attached hydrogens (tertiary/aromatic N) is 3. The average Bonchev–Trinajstić information content (AvgIpc) is 3.30. The molecule has 126 valence electrons. The summed E-state index contributed by atoms with van der Waals surface area (Å²) in [5.74, 6) is 0.410. The molecule has 2 heterocycles. The Morgan fingerprint density at radius 2 is 2.20 bits per heavy atom. The third-order valence-corrected chi connectivity index (χ3v) is 3.80. The SMILES string of the molecule is O=Cc1cnn2c(NC(=O)OC3CC3)cc(-c3cccc(O)c3)nc12. The number of phenols is 1. The first-order chi connectivity index (χ1) is 12.1. The number of hydrogen-bond donors (Lipinski definition) is 2. The van der Waals surface area contributed by atoms with Crippen LogP contribution in [0.2, 0.25) is 0 Å². The van der Waals surface area contributed by atoms with Gasteiger partial charge in [-0.3, -0.25) is 10.1 Å². The average molecular weight is 338 g/mol. The maximum atomic E-state index is 12.0. The quantitative estimate of drug-likeness (QED) is 0.708. The normalized spacial score (nSPS) is 13.6. The number of aromatic hydroxyl groups is 1. The number of carbonyl (C=O) groups excluding carboxylic acids is 2. The summed E-state index contributed by atoms with van der Waals surface area (Å²) < 4.78 is 6.56. The van der Waals surface area contributed by atoms with Crippen LogP contribution in [0.25, 0.3) is 16.9 Å². The summed E-state index contributed by atoms with van der Waals surface area (Å²) in [4.78, 5) is 27.6. The first-order valence-corrected chi connectivity index (χ1v) is 7.75. The van der Waals surface area contributed by atoms with Gasteiger partial charge in [0.2, 0.25) is 0 Å². The number of phenolic OH excluding ortho intramolecular Hbond substituents is 1. The highest BCUT2D eigenvalue weighted by molar-refractivity contribution is 5.88. The lowest BCUT2D eigenvalue weighted by atomic mass is 10.1. The van der Waals surface area contributed by atoms with E-state index in [1.807, 2.05) is 0 Å². The fourth-order valence-corrected chi connectivity index (χ4v) is 2.44. The van der Waals surface area contributed by atoms with E-state index in [2.05, 4.69) is 15.4 Å². The summed E-state index contributed by atoms with van der Waals surface area (Å²) >= 11 is 0. The molecule has 0 bridgehead atoms. The van der Waals surface area contributed by atoms with Crippen molar-refractivity contribution < 1.29 is 19.4 Å². The summed E-state index contributed by atoms with van der Waals surface area (Å²) in [7, 11) is 0. The number of hydrogen-bond acceptors (Lipinski definition) is 6. The number of anilines is 1. The third kappa shape index (κ3) is 3.01. The van der Waals surface area contributed by atoms with Crippen LogP contribution in [0.5, 0.6) is 5.75 Å². The van der Waals surface area contributed by atoms with Gasteiger partial charge in [-0.15, -0.1) is 0 Å². The Morgan fingerprint density at radius 1 is 1.36 bits per heavy atom. The van der Waals surface area contributed by atoms with E-state index < -0.39 is 6.09 Å². The molecule has 0 radical (unpaired) electrons. The second-order valence-corrected chi connectivity index (χ2v) is 5.76. The van der Waals surface area contributed by atoms with E-state index in [1.54, 1.807) is 30.3 Å². The Balaban J connectivity index is 1.80. The van der Waals surface area contributed by atoms with Crippen LogP contribution in [0.4, 0.5) is 10.6 Å². The van der Waals surface area contributed by atoms with Gasteiger partial charge in [-0.1, -0.05) is 12.1 Å². The summed E-state index contributed by atoms with van der Waals surface area (Å²) in [6.45, 7) is 0. The van der Waals surface area contributed by atoms with Gasteiger partial charge in [-0.2, -0.15) is 9.61 Å². The molecule has 8 heteroatoms. The van der Waals surface area contributed by atoms with Crippen LogP contribution in [0.15, 0.2) is 36.5 Å². The van der Waals surface area contributed by atoms with Gasteiger partial charge in [0, 0.05) is 11.6 Å². The molecule has 1 saturated carbocycles. The summed E-state index contributed by atoms with van der Waals surface area (Å²) in [5.41, 5.74) is 1.71. The highest BCUT2D eigenvalue weighted by Crippen LogP contribution is 2.27. The first-order valence-electron chi connectivity index (χ1n) is 7.75.